The van der Waals surface area contributed by atoms with Crippen LogP contribution in [0.25, 0.3) is 0 Å². The minimum atomic E-state index is 0.199. The van der Waals surface area contributed by atoms with Gasteiger partial charge in [-0.25, -0.2) is 0 Å². The molecule has 0 aliphatic carbocycles. The molecule has 0 radical (unpaired) electrons. The van der Waals surface area contributed by atoms with Crippen LogP contribution in [0.15, 0.2) is 12.7 Å². The maximum atomic E-state index is 4.78. The van der Waals surface area contributed by atoms with Gasteiger partial charge in [0.2, 0.25) is 0 Å². The first-order chi connectivity index (χ1) is 2.81. The summed E-state index contributed by atoms with van der Waals surface area (Å²) in [5.41, 5.74) is 0. The number of ether oxygens (including phenoxy) is 1. The van der Waals surface area contributed by atoms with Gasteiger partial charge in [0.05, 0.1) is 0 Å². The Balaban J connectivity index is 2.96. The molecule has 2 heteroatoms. The zero-order valence-electron chi connectivity index (χ0n) is 4.27. The summed E-state index contributed by atoms with van der Waals surface area (Å²) in [6.07, 6.45) is 1.75. The standard InChI is InChI=1S/C4H7O.Li/c1-3-4-5-2;/h3-4H,1H2,2H3;. The molecule has 1 nitrogen and oxygen atoms in total. The van der Waals surface area contributed by atoms with Crippen LogP contribution in [0.3, 0.4) is 0 Å². The Bertz CT molecular complexity index is 44.8. The molecule has 0 saturated carbocycles. The van der Waals surface area contributed by atoms with Crippen LogP contribution in [0, 0.1) is 0 Å². The Hall–Kier alpha value is 0.297. The number of methoxy groups -OCH3 is 1. The SMILES string of the molecule is [Li][CH](C=C)OC. The van der Waals surface area contributed by atoms with Crippen molar-refractivity contribution in [1.82, 2.24) is 0 Å². The molecule has 0 spiro atoms. The van der Waals surface area contributed by atoms with Crippen LogP contribution in [0.2, 0.25) is 0 Å². The van der Waals surface area contributed by atoms with Crippen LogP contribution in [0.1, 0.15) is 0 Å². The molecule has 1 unspecified atom stereocenters. The van der Waals surface area contributed by atoms with Crippen LogP contribution in [0.4, 0.5) is 0 Å². The molecule has 0 rings (SSSR count). The van der Waals surface area contributed by atoms with Gasteiger partial charge in [0.25, 0.3) is 0 Å². The third-order valence-electron chi connectivity index (χ3n) is 0.704. The van der Waals surface area contributed by atoms with Crippen molar-refractivity contribution in [2.45, 2.75) is 4.78 Å². The van der Waals surface area contributed by atoms with Gasteiger partial charge in [-0.1, -0.05) is 0 Å². The predicted octanol–water partition coefficient (Wildman–Crippen LogP) is 0.313. The van der Waals surface area contributed by atoms with E-state index in [2.05, 4.69) is 6.58 Å². The molecular weight excluding hydrogens is 71.0 g/mol. The molecule has 0 aromatic carbocycles. The quantitative estimate of drug-likeness (QED) is 0.341. The van der Waals surface area contributed by atoms with Gasteiger partial charge in [0, 0.05) is 0 Å². The van der Waals surface area contributed by atoms with Crippen LogP contribution in [0.5, 0.6) is 0 Å². The van der Waals surface area contributed by atoms with Gasteiger partial charge >= 0.3 is 47.0 Å². The molecule has 0 bridgehead atoms. The summed E-state index contributed by atoms with van der Waals surface area (Å²) >= 11 is 1.94. The second-order valence-corrected chi connectivity index (χ2v) is 1.18. The van der Waals surface area contributed by atoms with Crippen molar-refractivity contribution in [2.75, 3.05) is 7.11 Å². The summed E-state index contributed by atoms with van der Waals surface area (Å²) in [6, 6.07) is 0. The van der Waals surface area contributed by atoms with Gasteiger partial charge in [-0.15, -0.1) is 0 Å². The van der Waals surface area contributed by atoms with Crippen molar-refractivity contribution in [3.8, 4) is 0 Å². The van der Waals surface area contributed by atoms with Gasteiger partial charge < -0.3 is 0 Å². The molecule has 1 atom stereocenters. The Morgan fingerprint density at radius 1 is 2.00 bits per heavy atom. The first-order valence-electron chi connectivity index (χ1n) is 1.96. The molecule has 0 amide bonds. The molecule has 6 heavy (non-hydrogen) atoms. The molecule has 0 aliphatic heterocycles. The fraction of sp³-hybridized carbons (Fsp3) is 0.500. The van der Waals surface area contributed by atoms with E-state index in [9.17, 15) is 0 Å². The van der Waals surface area contributed by atoms with E-state index in [0.717, 1.165) is 0 Å². The van der Waals surface area contributed by atoms with Gasteiger partial charge in [0.1, 0.15) is 0 Å². The normalized spacial score (nSPS) is 13.8. The number of hydrogen-bond acceptors (Lipinski definition) is 1. The Morgan fingerprint density at radius 2 is 2.50 bits per heavy atom. The number of hydrogen-bond donors (Lipinski definition) is 0. The van der Waals surface area contributed by atoms with Gasteiger partial charge in [0.15, 0.2) is 0 Å². The van der Waals surface area contributed by atoms with E-state index in [-0.39, 0.29) is 4.78 Å². The molecule has 0 N–H and O–H groups in total. The summed E-state index contributed by atoms with van der Waals surface area (Å²) in [5, 5.41) is 0. The van der Waals surface area contributed by atoms with Crippen LogP contribution in [-0.2, 0) is 4.74 Å². The summed E-state index contributed by atoms with van der Waals surface area (Å²) in [5.74, 6) is 0. The zero-order valence-corrected chi connectivity index (χ0v) is 4.27. The molecule has 0 aliphatic rings. The first kappa shape index (κ1) is 6.30. The molecule has 0 heterocycles. The van der Waals surface area contributed by atoms with Gasteiger partial charge in [-0.05, 0) is 0 Å². The van der Waals surface area contributed by atoms with Crippen LogP contribution >= 0.6 is 0 Å². The monoisotopic (exact) mass is 78.1 g/mol. The Morgan fingerprint density at radius 3 is 2.50 bits per heavy atom. The summed E-state index contributed by atoms with van der Waals surface area (Å²) in [7, 11) is 1.66. The van der Waals surface area contributed by atoms with E-state index in [0.29, 0.717) is 0 Å². The Labute approximate surface area is 47.6 Å². The summed E-state index contributed by atoms with van der Waals surface area (Å²) in [4.78, 5) is 0. The van der Waals surface area contributed by atoms with Crippen LogP contribution < -0.4 is 0 Å². The second kappa shape index (κ2) is 3.49. The fourth-order valence-corrected chi connectivity index (χ4v) is 0.0962. The van der Waals surface area contributed by atoms with Gasteiger partial charge in [-0.3, -0.25) is 0 Å². The molecule has 0 fully saturated rings. The van der Waals surface area contributed by atoms with Gasteiger partial charge in [-0.2, -0.15) is 0 Å². The van der Waals surface area contributed by atoms with E-state index in [4.69, 9.17) is 4.74 Å². The molecule has 0 aromatic heterocycles. The summed E-state index contributed by atoms with van der Waals surface area (Å²) < 4.78 is 4.98. The van der Waals surface area contributed by atoms with E-state index in [1.54, 1.807) is 13.2 Å². The number of rotatable bonds is 2. The van der Waals surface area contributed by atoms with E-state index < -0.39 is 0 Å². The molecule has 30 valence electrons. The first-order valence-corrected chi connectivity index (χ1v) is 1.96. The van der Waals surface area contributed by atoms with Crippen molar-refractivity contribution in [3.63, 3.8) is 0 Å². The predicted molar refractivity (Wildman–Crippen MR) is 26.7 cm³/mol. The van der Waals surface area contributed by atoms with Crippen molar-refractivity contribution in [1.29, 1.82) is 0 Å². The van der Waals surface area contributed by atoms with Crippen LogP contribution in [-0.4, -0.2) is 29.6 Å². The molecule has 0 saturated heterocycles. The van der Waals surface area contributed by atoms with Crippen molar-refractivity contribution in [2.24, 2.45) is 0 Å². The zero-order chi connectivity index (χ0) is 4.99. The third-order valence-corrected chi connectivity index (χ3v) is 0.704. The summed E-state index contributed by atoms with van der Waals surface area (Å²) in [6.45, 7) is 3.51. The molecular formula is C4H7LiO. The van der Waals surface area contributed by atoms with Crippen molar-refractivity contribution >= 4 is 17.7 Å². The van der Waals surface area contributed by atoms with Crippen molar-refractivity contribution in [3.05, 3.63) is 12.7 Å². The fourth-order valence-electron chi connectivity index (χ4n) is 0.0962. The minimum absolute atomic E-state index is 0.199. The Kier molecular flexibility index (Phi) is 3.66. The second-order valence-electron chi connectivity index (χ2n) is 1.18. The average molecular weight is 78.0 g/mol. The van der Waals surface area contributed by atoms with E-state index >= 15 is 0 Å². The topological polar surface area (TPSA) is 9.23 Å². The molecule has 0 aromatic rings. The van der Waals surface area contributed by atoms with Crippen molar-refractivity contribution < 1.29 is 4.74 Å². The average Bonchev–Trinajstić information content (AvgIpc) is 1.65. The third kappa shape index (κ3) is 2.53. The van der Waals surface area contributed by atoms with E-state index in [1.807, 2.05) is 17.7 Å². The van der Waals surface area contributed by atoms with E-state index in [1.165, 1.54) is 0 Å². The maximum absolute atomic E-state index is 4.78.